The quantitative estimate of drug-likeness (QED) is 0.420. The first-order valence-electron chi connectivity index (χ1n) is 10.6. The fourth-order valence-electron chi connectivity index (χ4n) is 4.36. The minimum atomic E-state index is -0.201. The third-order valence-electron chi connectivity index (χ3n) is 5.89. The zero-order valence-corrected chi connectivity index (χ0v) is 17.7. The number of aryl methyl sites for hydroxylation is 2. The van der Waals surface area contributed by atoms with E-state index in [0.717, 1.165) is 33.8 Å². The number of rotatable bonds is 2. The molecule has 154 valence electrons. The minimum Gasteiger partial charge on any atom is -0.318 e. The van der Waals surface area contributed by atoms with Crippen LogP contribution in [0.4, 0.5) is 10.5 Å². The second kappa shape index (κ2) is 7.80. The molecule has 5 rings (SSSR count). The molecule has 2 heterocycles. The average Bonchev–Trinajstić information content (AvgIpc) is 3.19. The molecular weight excluding hydrogens is 382 g/mol. The van der Waals surface area contributed by atoms with E-state index in [9.17, 15) is 4.79 Å². The van der Waals surface area contributed by atoms with Crippen LogP contribution in [0.2, 0.25) is 0 Å². The number of fused-ring (bicyclic) bond motifs is 3. The van der Waals surface area contributed by atoms with Crippen molar-refractivity contribution in [2.24, 2.45) is 0 Å². The van der Waals surface area contributed by atoms with Crippen LogP contribution in [-0.4, -0.2) is 15.5 Å². The first-order chi connectivity index (χ1) is 15.1. The Morgan fingerprint density at radius 2 is 1.68 bits per heavy atom. The van der Waals surface area contributed by atoms with Gasteiger partial charge in [-0.1, -0.05) is 65.7 Å². The van der Waals surface area contributed by atoms with Gasteiger partial charge in [-0.05, 0) is 55.3 Å². The lowest BCUT2D eigenvalue weighted by atomic mass is 10.00. The highest BCUT2D eigenvalue weighted by molar-refractivity contribution is 5.90. The van der Waals surface area contributed by atoms with Crippen molar-refractivity contribution in [1.82, 2.24) is 9.47 Å². The van der Waals surface area contributed by atoms with Crippen molar-refractivity contribution in [2.45, 2.75) is 26.4 Å². The average molecular weight is 408 g/mol. The first kappa shape index (κ1) is 19.2. The summed E-state index contributed by atoms with van der Waals surface area (Å²) in [5.41, 5.74) is 7.56. The van der Waals surface area contributed by atoms with Gasteiger partial charge in [-0.2, -0.15) is 0 Å². The topological polar surface area (TPSA) is 37.3 Å². The van der Waals surface area contributed by atoms with E-state index in [0.29, 0.717) is 6.54 Å². The molecule has 0 radical (unpaired) electrons. The van der Waals surface area contributed by atoms with Crippen LogP contribution in [-0.2, 0) is 6.54 Å². The number of benzene rings is 3. The zero-order valence-electron chi connectivity index (χ0n) is 17.7. The lowest BCUT2D eigenvalue weighted by molar-refractivity contribution is 0.194. The predicted octanol–water partition coefficient (Wildman–Crippen LogP) is 6.23. The molecule has 4 nitrogen and oxygen atoms in total. The molecule has 1 aliphatic heterocycles. The number of hydrogen-bond acceptors (Lipinski definition) is 1. The van der Waals surface area contributed by atoms with Crippen LogP contribution < -0.4 is 5.32 Å². The summed E-state index contributed by atoms with van der Waals surface area (Å²) in [6, 6.07) is 28.5. The van der Waals surface area contributed by atoms with E-state index in [1.54, 1.807) is 0 Å². The van der Waals surface area contributed by atoms with Crippen LogP contribution in [0.25, 0.3) is 5.69 Å². The number of amides is 2. The monoisotopic (exact) mass is 407 g/mol. The lowest BCUT2D eigenvalue weighted by Crippen LogP contribution is -2.37. The van der Waals surface area contributed by atoms with Gasteiger partial charge in [0.1, 0.15) is 0 Å². The van der Waals surface area contributed by atoms with Gasteiger partial charge >= 0.3 is 6.03 Å². The third kappa shape index (κ3) is 3.61. The Morgan fingerprint density at radius 3 is 2.48 bits per heavy atom. The summed E-state index contributed by atoms with van der Waals surface area (Å²) in [5, 5.41) is 3.11. The van der Waals surface area contributed by atoms with Crippen molar-refractivity contribution in [1.29, 1.82) is 0 Å². The van der Waals surface area contributed by atoms with E-state index >= 15 is 0 Å². The van der Waals surface area contributed by atoms with Gasteiger partial charge in [0.2, 0.25) is 0 Å². The smallest absolute Gasteiger partial charge is 0.318 e. The molecule has 1 atom stereocenters. The van der Waals surface area contributed by atoms with E-state index < -0.39 is 0 Å². The predicted molar refractivity (Wildman–Crippen MR) is 125 cm³/mol. The van der Waals surface area contributed by atoms with E-state index in [-0.39, 0.29) is 12.1 Å². The Hall–Kier alpha value is -3.79. The molecule has 1 N–H and O–H groups in total. The van der Waals surface area contributed by atoms with Crippen molar-refractivity contribution in [3.63, 3.8) is 0 Å². The highest BCUT2D eigenvalue weighted by Crippen LogP contribution is 2.37. The van der Waals surface area contributed by atoms with Crippen LogP contribution in [0, 0.1) is 13.8 Å². The maximum Gasteiger partial charge on any atom is 0.322 e. The number of carbonyl (C=O) groups is 1. The fraction of sp³-hybridized carbons (Fsp3) is 0.148. The molecule has 0 saturated carbocycles. The van der Waals surface area contributed by atoms with Gasteiger partial charge in [0.15, 0.2) is 0 Å². The molecule has 1 aliphatic rings. The number of hydrogen-bond donors (Lipinski definition) is 1. The second-order valence-electron chi connectivity index (χ2n) is 8.17. The van der Waals surface area contributed by atoms with Gasteiger partial charge in [0, 0.05) is 17.6 Å². The van der Waals surface area contributed by atoms with E-state index in [2.05, 4.69) is 71.5 Å². The van der Waals surface area contributed by atoms with Crippen LogP contribution in [0.3, 0.4) is 0 Å². The third-order valence-corrected chi connectivity index (χ3v) is 5.89. The molecule has 0 aliphatic carbocycles. The molecule has 0 saturated heterocycles. The van der Waals surface area contributed by atoms with Gasteiger partial charge in [0.05, 0.1) is 18.3 Å². The number of urea groups is 1. The molecule has 3 aromatic carbocycles. The first-order valence-corrected chi connectivity index (χ1v) is 10.6. The summed E-state index contributed by atoms with van der Waals surface area (Å²) in [7, 11) is 0. The van der Waals surface area contributed by atoms with Crippen LogP contribution in [0.1, 0.15) is 34.0 Å². The van der Waals surface area contributed by atoms with Crippen LogP contribution in [0.15, 0.2) is 91.1 Å². The molecule has 4 aromatic rings. The highest BCUT2D eigenvalue weighted by Gasteiger charge is 2.33. The number of carbonyl (C=O) groups excluding carboxylic acids is 1. The summed E-state index contributed by atoms with van der Waals surface area (Å²) < 4.78 is 2.21. The number of anilines is 1. The van der Waals surface area contributed by atoms with Crippen molar-refractivity contribution < 1.29 is 4.79 Å². The van der Waals surface area contributed by atoms with Gasteiger partial charge in [0.25, 0.3) is 0 Å². The largest absolute Gasteiger partial charge is 0.322 e. The molecule has 0 fully saturated rings. The van der Waals surface area contributed by atoms with Gasteiger partial charge in [-0.15, -0.1) is 0 Å². The summed E-state index contributed by atoms with van der Waals surface area (Å²) >= 11 is 0. The van der Waals surface area contributed by atoms with E-state index in [1.807, 2.05) is 48.2 Å². The minimum absolute atomic E-state index is 0.111. The maximum absolute atomic E-state index is 13.6. The van der Waals surface area contributed by atoms with Crippen LogP contribution >= 0.6 is 0 Å². The van der Waals surface area contributed by atoms with Crippen molar-refractivity contribution in [3.05, 3.63) is 119 Å². The maximum atomic E-state index is 13.6. The molecule has 1 aromatic heterocycles. The Labute approximate surface area is 182 Å². The van der Waals surface area contributed by atoms with Crippen molar-refractivity contribution >= 4 is 11.7 Å². The highest BCUT2D eigenvalue weighted by atomic mass is 16.2. The normalized spacial score (nSPS) is 15.0. The molecule has 0 unspecified atom stereocenters. The fourth-order valence-corrected chi connectivity index (χ4v) is 4.36. The number of para-hydroxylation sites is 1. The van der Waals surface area contributed by atoms with Crippen molar-refractivity contribution in [2.75, 3.05) is 5.32 Å². The number of nitrogens with zero attached hydrogens (tertiary/aromatic N) is 2. The zero-order chi connectivity index (χ0) is 21.4. The van der Waals surface area contributed by atoms with E-state index in [1.165, 1.54) is 5.56 Å². The standard InChI is InChI=1S/C27H25N3O/c1-19-12-14-23(15-13-19)28-27(31)30-18-22-8-3-4-10-24(22)29-16-6-11-25(29)26(30)21-9-5-7-20(2)17-21/h3-17,26H,18H2,1-2H3,(H,28,31)/t26-/m1/s1. The summed E-state index contributed by atoms with van der Waals surface area (Å²) in [4.78, 5) is 15.6. The Kier molecular flexibility index (Phi) is 4.83. The Bertz CT molecular complexity index is 1240. The number of nitrogens with one attached hydrogen (secondary N) is 1. The van der Waals surface area contributed by atoms with Gasteiger partial charge in [-0.3, -0.25) is 0 Å². The molecular formula is C27H25N3O. The SMILES string of the molecule is Cc1ccc(NC(=O)N2Cc3ccccc3-n3cccc3[C@H]2c2cccc(C)c2)cc1. The summed E-state index contributed by atoms with van der Waals surface area (Å²) in [6.07, 6.45) is 2.08. The molecule has 0 spiro atoms. The summed E-state index contributed by atoms with van der Waals surface area (Å²) in [5.74, 6) is 0. The second-order valence-corrected chi connectivity index (χ2v) is 8.17. The molecule has 31 heavy (non-hydrogen) atoms. The van der Waals surface area contributed by atoms with Crippen molar-refractivity contribution in [3.8, 4) is 5.69 Å². The van der Waals surface area contributed by atoms with Crippen LogP contribution in [0.5, 0.6) is 0 Å². The van der Waals surface area contributed by atoms with E-state index in [4.69, 9.17) is 0 Å². The number of aromatic nitrogens is 1. The van der Waals surface area contributed by atoms with Gasteiger partial charge < -0.3 is 14.8 Å². The molecule has 0 bridgehead atoms. The summed E-state index contributed by atoms with van der Waals surface area (Å²) in [6.45, 7) is 4.65. The molecule has 4 heteroatoms. The Morgan fingerprint density at radius 1 is 0.871 bits per heavy atom. The lowest BCUT2D eigenvalue weighted by Gasteiger charge is -2.31. The van der Waals surface area contributed by atoms with Gasteiger partial charge in [-0.25, -0.2) is 4.79 Å². The Balaban J connectivity index is 1.63. The molecule has 2 amide bonds.